The van der Waals surface area contributed by atoms with Gasteiger partial charge in [-0.1, -0.05) is 133 Å². The molecule has 53 heavy (non-hydrogen) atoms. The molecule has 5 nitrogen and oxygen atoms in total. The standard InChI is InChI=1S/C46H27N5S2/c1-2-11-29(12-3-1)43-48-44(30-23-21-28(22-24-30)32-15-10-16-35-34-14-5-8-19-40(34)52-42(32)35)50-45(49-43)31-25-26-39-36(27-31)33-13-4-7-18-38(33)51(39)46-47-37-17-6-9-20-41(37)53-46/h1-27H. The van der Waals surface area contributed by atoms with Crippen molar-refractivity contribution in [3.05, 3.63) is 164 Å². The molecule has 0 amide bonds. The van der Waals surface area contributed by atoms with Gasteiger partial charge in [0.2, 0.25) is 0 Å². The zero-order valence-electron chi connectivity index (χ0n) is 28.1. The molecular weight excluding hydrogens is 687 g/mol. The Morgan fingerprint density at radius 2 is 0.981 bits per heavy atom. The van der Waals surface area contributed by atoms with Crippen molar-refractivity contribution in [1.29, 1.82) is 0 Å². The summed E-state index contributed by atoms with van der Waals surface area (Å²) >= 11 is 3.55. The van der Waals surface area contributed by atoms with Crippen molar-refractivity contribution in [2.24, 2.45) is 0 Å². The molecule has 7 heteroatoms. The fraction of sp³-hybridized carbons (Fsp3) is 0. The lowest BCUT2D eigenvalue weighted by Gasteiger charge is -2.10. The first-order valence-corrected chi connectivity index (χ1v) is 19.1. The lowest BCUT2D eigenvalue weighted by atomic mass is 10.0. The summed E-state index contributed by atoms with van der Waals surface area (Å²) < 4.78 is 6.04. The number of aromatic nitrogens is 5. The molecule has 0 bridgehead atoms. The zero-order chi connectivity index (χ0) is 34.9. The normalized spacial score (nSPS) is 11.8. The summed E-state index contributed by atoms with van der Waals surface area (Å²) in [6, 6.07) is 57.3. The highest BCUT2D eigenvalue weighted by molar-refractivity contribution is 7.26. The number of thiazole rings is 1. The average Bonchev–Trinajstić information content (AvgIpc) is 3.92. The maximum Gasteiger partial charge on any atom is 0.195 e. The van der Waals surface area contributed by atoms with Crippen LogP contribution in [0, 0.1) is 0 Å². The number of thiophene rings is 1. The molecule has 0 unspecified atom stereocenters. The van der Waals surface area contributed by atoms with Gasteiger partial charge in [0, 0.05) is 47.6 Å². The second-order valence-corrected chi connectivity index (χ2v) is 15.1. The van der Waals surface area contributed by atoms with Crippen LogP contribution in [0.3, 0.4) is 0 Å². The lowest BCUT2D eigenvalue weighted by Crippen LogP contribution is -2.00. The molecule has 248 valence electrons. The van der Waals surface area contributed by atoms with E-state index in [2.05, 4.69) is 132 Å². The molecule has 0 saturated heterocycles. The fourth-order valence-corrected chi connectivity index (χ4v) is 9.63. The molecule has 0 saturated carbocycles. The number of benzene rings is 7. The molecule has 7 aromatic carbocycles. The van der Waals surface area contributed by atoms with E-state index >= 15 is 0 Å². The Balaban J connectivity index is 1.04. The van der Waals surface area contributed by atoms with Gasteiger partial charge in [0.05, 0.1) is 21.3 Å². The van der Waals surface area contributed by atoms with Crippen LogP contribution in [0.15, 0.2) is 164 Å². The van der Waals surface area contributed by atoms with Crippen LogP contribution in [0.25, 0.3) is 103 Å². The minimum Gasteiger partial charge on any atom is -0.285 e. The van der Waals surface area contributed by atoms with E-state index < -0.39 is 0 Å². The first-order chi connectivity index (χ1) is 26.2. The predicted molar refractivity (Wildman–Crippen MR) is 222 cm³/mol. The first-order valence-electron chi connectivity index (χ1n) is 17.5. The van der Waals surface area contributed by atoms with Gasteiger partial charge in [-0.05, 0) is 53.6 Å². The van der Waals surface area contributed by atoms with Crippen molar-refractivity contribution in [2.45, 2.75) is 0 Å². The molecule has 0 aliphatic heterocycles. The highest BCUT2D eigenvalue weighted by Crippen LogP contribution is 2.41. The van der Waals surface area contributed by atoms with Gasteiger partial charge in [-0.25, -0.2) is 19.9 Å². The quantitative estimate of drug-likeness (QED) is 0.178. The Bertz CT molecular complexity index is 3140. The SMILES string of the molecule is c1ccc(-c2nc(-c3ccc(-c4cccc5c4sc4ccccc45)cc3)nc(-c3ccc4c(c3)c3ccccc3n4-c3nc4ccccc4s3)n2)cc1. The van der Waals surface area contributed by atoms with Crippen LogP contribution in [0.5, 0.6) is 0 Å². The van der Waals surface area contributed by atoms with E-state index in [-0.39, 0.29) is 0 Å². The molecule has 0 aliphatic rings. The molecule has 0 aliphatic carbocycles. The summed E-state index contributed by atoms with van der Waals surface area (Å²) in [5.41, 5.74) is 8.42. The maximum atomic E-state index is 5.12. The third kappa shape index (κ3) is 4.97. The monoisotopic (exact) mass is 713 g/mol. The van der Waals surface area contributed by atoms with E-state index in [0.717, 1.165) is 49.1 Å². The van der Waals surface area contributed by atoms with Crippen LogP contribution >= 0.6 is 22.7 Å². The summed E-state index contributed by atoms with van der Waals surface area (Å²) in [6.45, 7) is 0. The predicted octanol–water partition coefficient (Wildman–Crippen LogP) is 12.6. The van der Waals surface area contributed by atoms with Crippen molar-refractivity contribution in [3.63, 3.8) is 0 Å². The van der Waals surface area contributed by atoms with Gasteiger partial charge in [-0.2, -0.15) is 0 Å². The van der Waals surface area contributed by atoms with Crippen LogP contribution in [-0.2, 0) is 0 Å². The minimum atomic E-state index is 0.631. The third-order valence-corrected chi connectivity index (χ3v) is 12.2. The van der Waals surface area contributed by atoms with Crippen molar-refractivity contribution in [3.8, 4) is 50.4 Å². The Labute approximate surface area is 312 Å². The second-order valence-electron chi connectivity index (χ2n) is 13.1. The largest absolute Gasteiger partial charge is 0.285 e. The lowest BCUT2D eigenvalue weighted by molar-refractivity contribution is 1.07. The highest BCUT2D eigenvalue weighted by Gasteiger charge is 2.18. The Morgan fingerprint density at radius 3 is 1.79 bits per heavy atom. The van der Waals surface area contributed by atoms with E-state index in [4.69, 9.17) is 19.9 Å². The Morgan fingerprint density at radius 1 is 0.377 bits per heavy atom. The van der Waals surface area contributed by atoms with E-state index in [1.807, 2.05) is 47.7 Å². The Kier molecular flexibility index (Phi) is 6.83. The van der Waals surface area contributed by atoms with Gasteiger partial charge in [0.15, 0.2) is 22.6 Å². The van der Waals surface area contributed by atoms with Crippen LogP contribution in [0.2, 0.25) is 0 Å². The zero-order valence-corrected chi connectivity index (χ0v) is 29.8. The summed E-state index contributed by atoms with van der Waals surface area (Å²) in [5.74, 6) is 1.91. The molecule has 4 heterocycles. The summed E-state index contributed by atoms with van der Waals surface area (Å²) in [6.07, 6.45) is 0. The number of para-hydroxylation sites is 2. The van der Waals surface area contributed by atoms with Gasteiger partial charge >= 0.3 is 0 Å². The summed E-state index contributed by atoms with van der Waals surface area (Å²) in [4.78, 5) is 20.2. The van der Waals surface area contributed by atoms with Crippen molar-refractivity contribution >= 4 is 74.9 Å². The minimum absolute atomic E-state index is 0.631. The summed E-state index contributed by atoms with van der Waals surface area (Å²) in [5, 5.41) is 5.83. The topological polar surface area (TPSA) is 56.5 Å². The van der Waals surface area contributed by atoms with E-state index in [1.54, 1.807) is 11.3 Å². The molecular formula is C46H27N5S2. The van der Waals surface area contributed by atoms with E-state index in [0.29, 0.717) is 17.5 Å². The Hall–Kier alpha value is -6.54. The van der Waals surface area contributed by atoms with Crippen LogP contribution in [-0.4, -0.2) is 24.5 Å². The second kappa shape index (κ2) is 12.0. The van der Waals surface area contributed by atoms with Gasteiger partial charge < -0.3 is 0 Å². The van der Waals surface area contributed by atoms with Gasteiger partial charge in [-0.3, -0.25) is 4.57 Å². The number of hydrogen-bond acceptors (Lipinski definition) is 6. The molecule has 0 fully saturated rings. The van der Waals surface area contributed by atoms with Gasteiger partial charge in [-0.15, -0.1) is 11.3 Å². The third-order valence-electron chi connectivity index (χ3n) is 9.93. The van der Waals surface area contributed by atoms with Crippen molar-refractivity contribution < 1.29 is 0 Å². The molecule has 0 radical (unpaired) electrons. The molecule has 11 aromatic rings. The smallest absolute Gasteiger partial charge is 0.195 e. The molecule has 0 spiro atoms. The van der Waals surface area contributed by atoms with Crippen LogP contribution in [0.1, 0.15) is 0 Å². The summed E-state index contributed by atoms with van der Waals surface area (Å²) in [7, 11) is 0. The fourth-order valence-electron chi connectivity index (χ4n) is 7.40. The molecule has 0 N–H and O–H groups in total. The highest BCUT2D eigenvalue weighted by atomic mass is 32.1. The van der Waals surface area contributed by atoms with Crippen LogP contribution < -0.4 is 0 Å². The number of hydrogen-bond donors (Lipinski definition) is 0. The maximum absolute atomic E-state index is 5.12. The molecule has 4 aromatic heterocycles. The van der Waals surface area contributed by atoms with Gasteiger partial charge in [0.1, 0.15) is 0 Å². The number of fused-ring (bicyclic) bond motifs is 7. The van der Waals surface area contributed by atoms with Crippen molar-refractivity contribution in [2.75, 3.05) is 0 Å². The van der Waals surface area contributed by atoms with Crippen molar-refractivity contribution in [1.82, 2.24) is 24.5 Å². The van der Waals surface area contributed by atoms with E-state index in [9.17, 15) is 0 Å². The number of nitrogens with zero attached hydrogens (tertiary/aromatic N) is 5. The first kappa shape index (κ1) is 30.1. The molecule has 0 atom stereocenters. The van der Waals surface area contributed by atoms with E-state index in [1.165, 1.54) is 36.0 Å². The average molecular weight is 714 g/mol. The van der Waals surface area contributed by atoms with Crippen LogP contribution in [0.4, 0.5) is 0 Å². The molecule has 11 rings (SSSR count). The van der Waals surface area contributed by atoms with Gasteiger partial charge in [0.25, 0.3) is 0 Å². The number of rotatable bonds is 5.